The quantitative estimate of drug-likeness (QED) is 0.318. The molecule has 1 fully saturated rings. The Morgan fingerprint density at radius 3 is 2.61 bits per heavy atom. The van der Waals surface area contributed by atoms with Crippen molar-refractivity contribution in [3.63, 3.8) is 0 Å². The number of carbonyl (C=O) groups is 2. The van der Waals surface area contributed by atoms with Gasteiger partial charge in [0.2, 0.25) is 0 Å². The number of carbonyl (C=O) groups excluding carboxylic acids is 1. The average Bonchev–Trinajstić information content (AvgIpc) is 2.88. The summed E-state index contributed by atoms with van der Waals surface area (Å²) in [5.41, 5.74) is 1.89. The van der Waals surface area contributed by atoms with Crippen LogP contribution < -0.4 is 0 Å². The number of aryl methyl sites for hydroxylation is 2. The third kappa shape index (κ3) is 7.25. The summed E-state index contributed by atoms with van der Waals surface area (Å²) in [5, 5.41) is 9.12. The van der Waals surface area contributed by atoms with E-state index < -0.39 is 17.7 Å². The van der Waals surface area contributed by atoms with Crippen molar-refractivity contribution in [3.05, 3.63) is 88.3 Å². The summed E-state index contributed by atoms with van der Waals surface area (Å²) in [6.45, 7) is 1.63. The molecule has 3 aromatic rings. The molecule has 1 aliphatic rings. The van der Waals surface area contributed by atoms with Crippen LogP contribution in [0.5, 0.6) is 0 Å². The Hall–Kier alpha value is -3.60. The van der Waals surface area contributed by atoms with Crippen LogP contribution in [0.15, 0.2) is 48.8 Å². The van der Waals surface area contributed by atoms with Crippen molar-refractivity contribution in [1.29, 1.82) is 0 Å². The van der Waals surface area contributed by atoms with E-state index in [1.54, 1.807) is 19.5 Å². The lowest BCUT2D eigenvalue weighted by molar-refractivity contribution is -0.139. The van der Waals surface area contributed by atoms with Gasteiger partial charge in [-0.1, -0.05) is 30.3 Å². The summed E-state index contributed by atoms with van der Waals surface area (Å²) in [7, 11) is 1.57. The van der Waals surface area contributed by atoms with E-state index >= 15 is 0 Å². The Morgan fingerprint density at radius 2 is 1.89 bits per heavy atom. The number of halogens is 3. The van der Waals surface area contributed by atoms with Crippen LogP contribution in [0.1, 0.15) is 58.2 Å². The van der Waals surface area contributed by atoms with Crippen LogP contribution in [0.4, 0.5) is 13.2 Å². The topological polar surface area (TPSA) is 96.3 Å². The number of aromatic nitrogens is 3. The zero-order valence-corrected chi connectivity index (χ0v) is 20.7. The Labute approximate surface area is 219 Å². The fourth-order valence-corrected chi connectivity index (χ4v) is 4.82. The fraction of sp³-hybridized carbons (Fsp3) is 0.370. The van der Waals surface area contributed by atoms with Crippen molar-refractivity contribution in [3.8, 4) is 0 Å². The van der Waals surface area contributed by atoms with Crippen LogP contribution in [0, 0.1) is 0 Å². The lowest BCUT2D eigenvalue weighted by atomic mass is 9.84. The number of piperidine rings is 1. The monoisotopic (exact) mass is 523 g/mol. The number of carboxylic acid groups (broad SMARTS) is 1. The molecule has 1 aromatic carbocycles. The van der Waals surface area contributed by atoms with E-state index in [9.17, 15) is 22.8 Å². The normalized spacial score (nSPS) is 16.2. The number of hydrogen-bond acceptors (Lipinski definition) is 6. The number of pyridine rings is 1. The smallest absolute Gasteiger partial charge is 0.419 e. The molecule has 1 saturated heterocycles. The van der Waals surface area contributed by atoms with Gasteiger partial charge in [0.05, 0.1) is 23.9 Å². The highest BCUT2D eigenvalue weighted by Gasteiger charge is 2.35. The Morgan fingerprint density at radius 1 is 1.13 bits per heavy atom. The standard InChI is InChI=1S/C27H27BF3N4O3/c29-27(30,31)22-15-33-25(34-24(22)10-9-23-20(14-26(37)38)3-1-11-32-23)13-18-5-7-19(8-6-18)21-4-2-12-35(16-21)28-17-36/h1,3,5-8,11,15,17,21H,2,4,9-10,12-14,16H2,(H,37,38). The third-order valence-corrected chi connectivity index (χ3v) is 6.69. The molecule has 1 radical (unpaired) electrons. The van der Waals surface area contributed by atoms with E-state index in [0.29, 0.717) is 17.2 Å². The molecule has 1 unspecified atom stereocenters. The molecule has 38 heavy (non-hydrogen) atoms. The van der Waals surface area contributed by atoms with Gasteiger partial charge in [0.1, 0.15) is 5.82 Å². The molecule has 1 N–H and O–H groups in total. The minimum atomic E-state index is -4.61. The van der Waals surface area contributed by atoms with Gasteiger partial charge in [-0.25, -0.2) is 9.97 Å². The van der Waals surface area contributed by atoms with Gasteiger partial charge >= 0.3 is 12.1 Å². The SMILES string of the molecule is O=C[B]N1CCCC(c2ccc(Cc3ncc(C(F)(F)F)c(CCc4ncccc4CC(=O)O)n3)cc2)C1. The van der Waals surface area contributed by atoms with Gasteiger partial charge in [-0.15, -0.1) is 0 Å². The summed E-state index contributed by atoms with van der Waals surface area (Å²) in [5.74, 6) is -0.455. The minimum absolute atomic E-state index is 0.0527. The van der Waals surface area contributed by atoms with Crippen LogP contribution >= 0.6 is 0 Å². The van der Waals surface area contributed by atoms with Crippen LogP contribution in [-0.4, -0.2) is 57.5 Å². The van der Waals surface area contributed by atoms with E-state index in [1.807, 2.05) is 29.1 Å². The van der Waals surface area contributed by atoms with Crippen molar-refractivity contribution in [2.45, 2.75) is 50.6 Å². The fourth-order valence-electron chi connectivity index (χ4n) is 4.82. The Bertz CT molecular complexity index is 1270. The first-order valence-electron chi connectivity index (χ1n) is 12.4. The summed E-state index contributed by atoms with van der Waals surface area (Å²) in [6.07, 6.45) is 0.611. The maximum atomic E-state index is 13.7. The number of aliphatic carboxylic acids is 1. The third-order valence-electron chi connectivity index (χ3n) is 6.69. The number of benzene rings is 1. The highest BCUT2D eigenvalue weighted by Crippen LogP contribution is 2.32. The zero-order valence-electron chi connectivity index (χ0n) is 20.7. The molecule has 1 atom stereocenters. The van der Waals surface area contributed by atoms with E-state index in [4.69, 9.17) is 5.11 Å². The predicted octanol–water partition coefficient (Wildman–Crippen LogP) is 3.88. The molecule has 197 valence electrons. The van der Waals surface area contributed by atoms with Crippen molar-refractivity contribution in [1.82, 2.24) is 19.8 Å². The van der Waals surface area contributed by atoms with Gasteiger partial charge in [-0.3, -0.25) is 9.78 Å². The van der Waals surface area contributed by atoms with E-state index in [-0.39, 0.29) is 37.2 Å². The molecule has 0 spiro atoms. The Kier molecular flexibility index (Phi) is 8.88. The van der Waals surface area contributed by atoms with Gasteiger partial charge in [0.25, 0.3) is 7.41 Å². The van der Waals surface area contributed by atoms with Gasteiger partial charge in [-0.05, 0) is 67.4 Å². The van der Waals surface area contributed by atoms with Crippen LogP contribution in [0.2, 0.25) is 0 Å². The number of alkyl halides is 3. The second-order valence-electron chi connectivity index (χ2n) is 9.36. The summed E-state index contributed by atoms with van der Waals surface area (Å²) in [4.78, 5) is 36.4. The van der Waals surface area contributed by atoms with Crippen molar-refractivity contribution in [2.24, 2.45) is 0 Å². The molecule has 11 heteroatoms. The first-order valence-corrected chi connectivity index (χ1v) is 12.4. The summed E-state index contributed by atoms with van der Waals surface area (Å²) >= 11 is 0. The number of nitrogens with zero attached hydrogens (tertiary/aromatic N) is 4. The van der Waals surface area contributed by atoms with Gasteiger partial charge < -0.3 is 14.7 Å². The van der Waals surface area contributed by atoms with E-state index in [1.165, 1.54) is 6.20 Å². The maximum Gasteiger partial charge on any atom is 0.419 e. The van der Waals surface area contributed by atoms with Crippen LogP contribution in [0.3, 0.4) is 0 Å². The summed E-state index contributed by atoms with van der Waals surface area (Å²) < 4.78 is 41.0. The highest BCUT2D eigenvalue weighted by atomic mass is 19.4. The second kappa shape index (κ2) is 12.3. The summed E-state index contributed by atoms with van der Waals surface area (Å²) in [6, 6.07) is 11.1. The molecule has 3 heterocycles. The number of carboxylic acids is 1. The highest BCUT2D eigenvalue weighted by molar-refractivity contribution is 6.64. The molecule has 4 rings (SSSR count). The van der Waals surface area contributed by atoms with E-state index in [2.05, 4.69) is 15.0 Å². The molecule has 0 amide bonds. The molecule has 1 aliphatic heterocycles. The van der Waals surface area contributed by atoms with Gasteiger partial charge in [0.15, 0.2) is 0 Å². The molecular weight excluding hydrogens is 496 g/mol. The van der Waals surface area contributed by atoms with Crippen LogP contribution in [0.25, 0.3) is 0 Å². The number of hydrogen-bond donors (Lipinski definition) is 1. The second-order valence-corrected chi connectivity index (χ2v) is 9.36. The van der Waals surface area contributed by atoms with Crippen molar-refractivity contribution in [2.75, 3.05) is 13.1 Å². The average molecular weight is 523 g/mol. The van der Waals surface area contributed by atoms with Gasteiger partial charge in [0, 0.05) is 24.5 Å². The minimum Gasteiger partial charge on any atom is -0.481 e. The molecule has 7 nitrogen and oxygen atoms in total. The lowest BCUT2D eigenvalue weighted by Crippen LogP contribution is -2.37. The van der Waals surface area contributed by atoms with Crippen LogP contribution in [-0.2, 0) is 41.4 Å². The predicted molar refractivity (Wildman–Crippen MR) is 135 cm³/mol. The molecule has 0 saturated carbocycles. The lowest BCUT2D eigenvalue weighted by Gasteiger charge is -2.31. The first kappa shape index (κ1) is 27.4. The number of rotatable bonds is 10. The largest absolute Gasteiger partial charge is 0.481 e. The van der Waals surface area contributed by atoms with Crippen molar-refractivity contribution < 1.29 is 27.9 Å². The molecule has 2 aromatic heterocycles. The zero-order chi connectivity index (χ0) is 27.1. The molecule has 0 bridgehead atoms. The molecular formula is C27H27BF3N4O3. The van der Waals surface area contributed by atoms with E-state index in [0.717, 1.165) is 49.4 Å². The maximum absolute atomic E-state index is 13.7. The van der Waals surface area contributed by atoms with Crippen molar-refractivity contribution >= 4 is 19.6 Å². The molecule has 0 aliphatic carbocycles. The van der Waals surface area contributed by atoms with Gasteiger partial charge in [-0.2, -0.15) is 13.2 Å². The Balaban J connectivity index is 1.49. The first-order chi connectivity index (χ1) is 18.2.